The number of hydrogen-bond donors (Lipinski definition) is 3. The van der Waals surface area contributed by atoms with Crippen molar-refractivity contribution in [3.8, 4) is 11.1 Å². The molecule has 0 unspecified atom stereocenters. The van der Waals surface area contributed by atoms with Crippen molar-refractivity contribution in [2.75, 3.05) is 10.0 Å². The Bertz CT molecular complexity index is 1750. The summed E-state index contributed by atoms with van der Waals surface area (Å²) in [5.74, 6) is -0.298. The molecule has 0 fully saturated rings. The van der Waals surface area contributed by atoms with E-state index in [1.807, 2.05) is 66.7 Å². The molecular weight excluding hydrogens is 574 g/mol. The van der Waals surface area contributed by atoms with E-state index in [9.17, 15) is 13.2 Å². The summed E-state index contributed by atoms with van der Waals surface area (Å²) in [4.78, 5) is 16.8. The van der Waals surface area contributed by atoms with Crippen molar-refractivity contribution in [3.05, 3.63) is 113 Å². The zero-order valence-corrected chi connectivity index (χ0v) is 24.2. The fourth-order valence-corrected chi connectivity index (χ4v) is 5.72. The topological polar surface area (TPSA) is 91.1 Å². The molecule has 3 N–H and O–H groups in total. The van der Waals surface area contributed by atoms with Crippen LogP contribution in [0, 0.1) is 0 Å². The Morgan fingerprint density at radius 1 is 0.821 bits per heavy atom. The summed E-state index contributed by atoms with van der Waals surface area (Å²) in [7, 11) is -3.82. The minimum atomic E-state index is -3.82. The van der Waals surface area contributed by atoms with Gasteiger partial charge in [-0.1, -0.05) is 79.2 Å². The number of rotatable bonds is 6. The fourth-order valence-electron chi connectivity index (χ4n) is 4.41. The lowest BCUT2D eigenvalue weighted by molar-refractivity contribution is 0.102. The molecule has 8 heteroatoms. The Kier molecular flexibility index (Phi) is 7.09. The van der Waals surface area contributed by atoms with E-state index in [1.165, 1.54) is 0 Å². The number of anilines is 2. The minimum Gasteiger partial charge on any atom is -0.350 e. The highest BCUT2D eigenvalue weighted by Gasteiger charge is 2.22. The third-order valence-electron chi connectivity index (χ3n) is 6.47. The number of hydrogen-bond acceptors (Lipinski definition) is 3. The SMILES string of the molecule is CC(C)(C)c1ccc(S(=O)(=O)Nc2ccc3[nH]c(C(=O)Nc4ccc(Br)cc4)c(-c4ccccc4)c3c2)cc1. The van der Waals surface area contributed by atoms with Gasteiger partial charge in [-0.25, -0.2) is 8.42 Å². The van der Waals surface area contributed by atoms with Gasteiger partial charge >= 0.3 is 0 Å². The van der Waals surface area contributed by atoms with Gasteiger partial charge in [0.05, 0.1) is 4.90 Å². The van der Waals surface area contributed by atoms with Crippen LogP contribution in [-0.4, -0.2) is 19.3 Å². The van der Waals surface area contributed by atoms with Gasteiger partial charge in [0.2, 0.25) is 0 Å². The first kappa shape index (κ1) is 26.7. The lowest BCUT2D eigenvalue weighted by atomic mass is 9.87. The monoisotopic (exact) mass is 601 g/mol. The number of halogens is 1. The number of aromatic amines is 1. The molecule has 0 saturated carbocycles. The van der Waals surface area contributed by atoms with Gasteiger partial charge in [-0.15, -0.1) is 0 Å². The average Bonchev–Trinajstić information content (AvgIpc) is 3.29. The van der Waals surface area contributed by atoms with Gasteiger partial charge in [0.1, 0.15) is 5.69 Å². The van der Waals surface area contributed by atoms with Gasteiger partial charge < -0.3 is 10.3 Å². The summed E-state index contributed by atoms with van der Waals surface area (Å²) in [6.07, 6.45) is 0. The third-order valence-corrected chi connectivity index (χ3v) is 8.40. The second kappa shape index (κ2) is 10.4. The predicted molar refractivity (Wildman–Crippen MR) is 162 cm³/mol. The Morgan fingerprint density at radius 2 is 1.46 bits per heavy atom. The zero-order valence-electron chi connectivity index (χ0n) is 21.7. The third kappa shape index (κ3) is 5.77. The molecule has 1 heterocycles. The van der Waals surface area contributed by atoms with E-state index in [2.05, 4.69) is 51.7 Å². The van der Waals surface area contributed by atoms with Gasteiger partial charge in [0.15, 0.2) is 0 Å². The molecule has 5 rings (SSSR count). The highest BCUT2D eigenvalue weighted by atomic mass is 79.9. The second-order valence-corrected chi connectivity index (χ2v) is 12.9. The molecule has 0 aliphatic heterocycles. The highest BCUT2D eigenvalue weighted by Crippen LogP contribution is 2.35. The molecule has 0 saturated heterocycles. The number of amides is 1. The van der Waals surface area contributed by atoms with Gasteiger partial charge in [0, 0.05) is 32.3 Å². The van der Waals surface area contributed by atoms with Crippen LogP contribution in [0.2, 0.25) is 0 Å². The summed E-state index contributed by atoms with van der Waals surface area (Å²) in [6.45, 7) is 6.25. The molecule has 0 spiro atoms. The Hall–Kier alpha value is -3.88. The molecular formula is C31H28BrN3O3S. The van der Waals surface area contributed by atoms with Gasteiger partial charge in [-0.2, -0.15) is 0 Å². The van der Waals surface area contributed by atoms with Crippen molar-refractivity contribution < 1.29 is 13.2 Å². The number of carbonyl (C=O) groups is 1. The summed E-state index contributed by atoms with van der Waals surface area (Å²) in [6, 6.07) is 29.0. The van der Waals surface area contributed by atoms with Gasteiger partial charge in [0.25, 0.3) is 15.9 Å². The molecule has 39 heavy (non-hydrogen) atoms. The van der Waals surface area contributed by atoms with Crippen molar-refractivity contribution in [2.45, 2.75) is 31.1 Å². The predicted octanol–water partition coefficient (Wildman–Crippen LogP) is 7.95. The van der Waals surface area contributed by atoms with E-state index in [-0.39, 0.29) is 16.2 Å². The maximum atomic E-state index is 13.4. The molecule has 4 aromatic carbocycles. The van der Waals surface area contributed by atoms with E-state index in [1.54, 1.807) is 30.3 Å². The summed E-state index contributed by atoms with van der Waals surface area (Å²) < 4.78 is 30.0. The van der Waals surface area contributed by atoms with E-state index in [0.29, 0.717) is 28.1 Å². The average molecular weight is 603 g/mol. The van der Waals surface area contributed by atoms with Crippen LogP contribution < -0.4 is 10.0 Å². The van der Waals surface area contributed by atoms with Gasteiger partial charge in [-0.05, 0) is 71.1 Å². The molecule has 5 aromatic rings. The lowest BCUT2D eigenvalue weighted by Gasteiger charge is -2.19. The minimum absolute atomic E-state index is 0.0791. The number of H-pyrrole nitrogens is 1. The lowest BCUT2D eigenvalue weighted by Crippen LogP contribution is -2.14. The molecule has 0 atom stereocenters. The standard InChI is InChI=1S/C31H28BrN3O3S/c1-31(2,3)21-9-16-25(17-10-21)39(37,38)35-24-15-18-27-26(19-24)28(20-7-5-4-6-8-20)29(34-27)30(36)33-23-13-11-22(32)12-14-23/h4-19,34-35H,1-3H3,(H,33,36). The van der Waals surface area contributed by atoms with Crippen LogP contribution in [0.5, 0.6) is 0 Å². The first-order valence-corrected chi connectivity index (χ1v) is 14.7. The van der Waals surface area contributed by atoms with Crippen molar-refractivity contribution in [2.24, 2.45) is 0 Å². The molecule has 198 valence electrons. The highest BCUT2D eigenvalue weighted by molar-refractivity contribution is 9.10. The molecule has 1 aromatic heterocycles. The summed E-state index contributed by atoms with van der Waals surface area (Å²) in [5.41, 5.74) is 4.66. The van der Waals surface area contributed by atoms with Crippen LogP contribution in [-0.2, 0) is 15.4 Å². The number of carbonyl (C=O) groups excluding carboxylic acids is 1. The van der Waals surface area contributed by atoms with Crippen LogP contribution in [0.15, 0.2) is 106 Å². The number of nitrogens with one attached hydrogen (secondary N) is 3. The van der Waals surface area contributed by atoms with E-state index in [0.717, 1.165) is 21.0 Å². The first-order chi connectivity index (χ1) is 18.5. The van der Waals surface area contributed by atoms with Crippen molar-refractivity contribution in [1.82, 2.24) is 4.98 Å². The van der Waals surface area contributed by atoms with Crippen molar-refractivity contribution in [1.29, 1.82) is 0 Å². The maximum absolute atomic E-state index is 13.4. The van der Waals surface area contributed by atoms with E-state index < -0.39 is 10.0 Å². The normalized spacial score (nSPS) is 11.9. The van der Waals surface area contributed by atoms with Crippen LogP contribution in [0.3, 0.4) is 0 Å². The maximum Gasteiger partial charge on any atom is 0.272 e. The summed E-state index contributed by atoms with van der Waals surface area (Å²) in [5, 5.41) is 3.67. The van der Waals surface area contributed by atoms with Crippen LogP contribution in [0.1, 0.15) is 36.8 Å². The largest absolute Gasteiger partial charge is 0.350 e. The molecule has 1 amide bonds. The number of fused-ring (bicyclic) bond motifs is 1. The summed E-state index contributed by atoms with van der Waals surface area (Å²) >= 11 is 3.41. The molecule has 6 nitrogen and oxygen atoms in total. The van der Waals surface area contributed by atoms with Crippen LogP contribution >= 0.6 is 15.9 Å². The second-order valence-electron chi connectivity index (χ2n) is 10.3. The Labute approximate surface area is 236 Å². The molecule has 0 radical (unpaired) electrons. The van der Waals surface area contributed by atoms with Crippen LogP contribution in [0.4, 0.5) is 11.4 Å². The Morgan fingerprint density at radius 3 is 2.10 bits per heavy atom. The van der Waals surface area contributed by atoms with E-state index in [4.69, 9.17) is 0 Å². The molecule has 0 aliphatic rings. The fraction of sp³-hybridized carbons (Fsp3) is 0.129. The molecule has 0 bridgehead atoms. The van der Waals surface area contributed by atoms with Crippen molar-refractivity contribution >= 4 is 54.1 Å². The van der Waals surface area contributed by atoms with Crippen molar-refractivity contribution in [3.63, 3.8) is 0 Å². The smallest absolute Gasteiger partial charge is 0.272 e. The quantitative estimate of drug-likeness (QED) is 0.184. The van der Waals surface area contributed by atoms with Gasteiger partial charge in [-0.3, -0.25) is 9.52 Å². The number of sulfonamides is 1. The number of benzene rings is 4. The van der Waals surface area contributed by atoms with Crippen LogP contribution in [0.25, 0.3) is 22.0 Å². The Balaban J connectivity index is 1.53. The van der Waals surface area contributed by atoms with E-state index >= 15 is 0 Å². The first-order valence-electron chi connectivity index (χ1n) is 12.4. The number of aromatic nitrogens is 1. The zero-order chi connectivity index (χ0) is 27.8. The molecule has 0 aliphatic carbocycles.